The van der Waals surface area contributed by atoms with Gasteiger partial charge in [0.05, 0.1) is 12.2 Å². The van der Waals surface area contributed by atoms with Crippen LogP contribution in [0.3, 0.4) is 0 Å². The predicted molar refractivity (Wildman–Crippen MR) is 113 cm³/mol. The molecule has 1 saturated heterocycles. The largest absolute Gasteiger partial charge is 0.454 e. The van der Waals surface area contributed by atoms with Crippen molar-refractivity contribution >= 4 is 11.8 Å². The molecule has 166 valence electrons. The molecule has 2 aromatic rings. The molecule has 1 aromatic carbocycles. The number of ether oxygens (including phenoxy) is 2. The van der Waals surface area contributed by atoms with E-state index < -0.39 is 0 Å². The normalized spacial score (nSPS) is 16.0. The van der Waals surface area contributed by atoms with Gasteiger partial charge in [-0.15, -0.1) is 5.10 Å². The third-order valence-corrected chi connectivity index (χ3v) is 5.67. The minimum atomic E-state index is -0.198. The summed E-state index contributed by atoms with van der Waals surface area (Å²) in [5, 5.41) is 11.0. The second kappa shape index (κ2) is 9.36. The van der Waals surface area contributed by atoms with Gasteiger partial charge in [0.25, 0.3) is 5.91 Å². The van der Waals surface area contributed by atoms with Gasteiger partial charge in [0.1, 0.15) is 0 Å². The highest BCUT2D eigenvalue weighted by Crippen LogP contribution is 2.33. The van der Waals surface area contributed by atoms with Gasteiger partial charge < -0.3 is 19.7 Å². The number of aromatic nitrogens is 3. The SMILES string of the molecule is CC(C)CNC(=O)c1cn(C2CCN(C(=O)CCc3ccc4c(c3)OCO4)CC2)nn1. The Morgan fingerprint density at radius 2 is 1.97 bits per heavy atom. The van der Waals surface area contributed by atoms with Crippen molar-refractivity contribution in [1.82, 2.24) is 25.2 Å². The Kier molecular flexibility index (Phi) is 6.39. The molecule has 31 heavy (non-hydrogen) atoms. The number of nitrogens with zero attached hydrogens (tertiary/aromatic N) is 4. The molecule has 3 heterocycles. The summed E-state index contributed by atoms with van der Waals surface area (Å²) in [6.45, 7) is 6.31. The summed E-state index contributed by atoms with van der Waals surface area (Å²) in [5.41, 5.74) is 1.40. The highest BCUT2D eigenvalue weighted by Gasteiger charge is 2.25. The first-order chi connectivity index (χ1) is 15.0. The monoisotopic (exact) mass is 427 g/mol. The van der Waals surface area contributed by atoms with E-state index in [2.05, 4.69) is 15.6 Å². The average molecular weight is 428 g/mol. The van der Waals surface area contributed by atoms with Gasteiger partial charge in [-0.2, -0.15) is 0 Å². The molecule has 0 bridgehead atoms. The number of likely N-dealkylation sites (tertiary alicyclic amines) is 1. The molecule has 2 aliphatic rings. The number of carbonyl (C=O) groups excluding carboxylic acids is 2. The van der Waals surface area contributed by atoms with Crippen LogP contribution in [-0.2, 0) is 11.2 Å². The Hall–Kier alpha value is -3.10. The van der Waals surface area contributed by atoms with Crippen LogP contribution < -0.4 is 14.8 Å². The maximum atomic E-state index is 12.7. The van der Waals surface area contributed by atoms with Crippen LogP contribution in [-0.4, -0.2) is 58.1 Å². The van der Waals surface area contributed by atoms with Crippen LogP contribution in [0.2, 0.25) is 0 Å². The molecule has 1 fully saturated rings. The smallest absolute Gasteiger partial charge is 0.273 e. The standard InChI is InChI=1S/C22H29N5O4/c1-15(2)12-23-22(29)18-13-27(25-24-18)17-7-9-26(10-8-17)21(28)6-4-16-3-5-19-20(11-16)31-14-30-19/h3,5,11,13,15,17H,4,6-10,12,14H2,1-2H3,(H,23,29). The lowest BCUT2D eigenvalue weighted by Gasteiger charge is -2.32. The Balaban J connectivity index is 1.24. The minimum absolute atomic E-state index is 0.150. The molecule has 2 amide bonds. The lowest BCUT2D eigenvalue weighted by Crippen LogP contribution is -2.39. The van der Waals surface area contributed by atoms with Crippen molar-refractivity contribution in [3.05, 3.63) is 35.7 Å². The van der Waals surface area contributed by atoms with E-state index >= 15 is 0 Å². The van der Waals surface area contributed by atoms with Crippen molar-refractivity contribution < 1.29 is 19.1 Å². The highest BCUT2D eigenvalue weighted by atomic mass is 16.7. The van der Waals surface area contributed by atoms with Gasteiger partial charge in [0.15, 0.2) is 17.2 Å². The van der Waals surface area contributed by atoms with Crippen molar-refractivity contribution in [2.45, 2.75) is 45.6 Å². The van der Waals surface area contributed by atoms with Gasteiger partial charge in [-0.1, -0.05) is 25.1 Å². The molecule has 9 heteroatoms. The first-order valence-corrected chi connectivity index (χ1v) is 10.9. The number of amides is 2. The molecule has 1 N–H and O–H groups in total. The first-order valence-electron chi connectivity index (χ1n) is 10.9. The Morgan fingerprint density at radius 3 is 2.74 bits per heavy atom. The Labute approximate surface area is 181 Å². The highest BCUT2D eigenvalue weighted by molar-refractivity contribution is 5.91. The van der Waals surface area contributed by atoms with Gasteiger partial charge in [0, 0.05) is 26.1 Å². The Morgan fingerprint density at radius 1 is 1.19 bits per heavy atom. The van der Waals surface area contributed by atoms with E-state index in [1.165, 1.54) is 0 Å². The second-order valence-corrected chi connectivity index (χ2v) is 8.49. The van der Waals surface area contributed by atoms with Crippen molar-refractivity contribution in [2.24, 2.45) is 5.92 Å². The summed E-state index contributed by atoms with van der Waals surface area (Å²) in [6, 6.07) is 5.97. The van der Waals surface area contributed by atoms with Crippen LogP contribution in [0, 0.1) is 5.92 Å². The summed E-state index contributed by atoms with van der Waals surface area (Å²) in [5.74, 6) is 1.84. The predicted octanol–water partition coefficient (Wildman–Crippen LogP) is 2.19. The number of nitrogens with one attached hydrogen (secondary N) is 1. The van der Waals surface area contributed by atoms with Crippen LogP contribution in [0.15, 0.2) is 24.4 Å². The Bertz CT molecular complexity index is 934. The number of rotatable bonds is 7. The van der Waals surface area contributed by atoms with Crippen molar-refractivity contribution in [1.29, 1.82) is 0 Å². The van der Waals surface area contributed by atoms with Gasteiger partial charge in [-0.05, 0) is 42.9 Å². The van der Waals surface area contributed by atoms with Crippen LogP contribution in [0.1, 0.15) is 55.2 Å². The van der Waals surface area contributed by atoms with Crippen LogP contribution in [0.4, 0.5) is 0 Å². The minimum Gasteiger partial charge on any atom is -0.454 e. The van der Waals surface area contributed by atoms with E-state index in [0.29, 0.717) is 44.1 Å². The second-order valence-electron chi connectivity index (χ2n) is 8.49. The number of hydrogen-bond donors (Lipinski definition) is 1. The molecular formula is C22H29N5O4. The van der Waals surface area contributed by atoms with Gasteiger partial charge in [-0.3, -0.25) is 9.59 Å². The molecule has 4 rings (SSSR count). The van der Waals surface area contributed by atoms with Crippen molar-refractivity contribution in [2.75, 3.05) is 26.4 Å². The van der Waals surface area contributed by atoms with Crippen LogP contribution in [0.25, 0.3) is 0 Å². The molecule has 2 aliphatic heterocycles. The van der Waals surface area contributed by atoms with E-state index in [0.717, 1.165) is 29.9 Å². The van der Waals surface area contributed by atoms with Crippen molar-refractivity contribution in [3.63, 3.8) is 0 Å². The van der Waals surface area contributed by atoms with Gasteiger partial charge in [0.2, 0.25) is 12.7 Å². The van der Waals surface area contributed by atoms with E-state index in [4.69, 9.17) is 9.47 Å². The number of benzene rings is 1. The number of piperidine rings is 1. The maximum Gasteiger partial charge on any atom is 0.273 e. The summed E-state index contributed by atoms with van der Waals surface area (Å²) in [4.78, 5) is 26.7. The lowest BCUT2D eigenvalue weighted by atomic mass is 10.0. The molecule has 0 saturated carbocycles. The van der Waals surface area contributed by atoms with Crippen LogP contribution >= 0.6 is 0 Å². The quantitative estimate of drug-likeness (QED) is 0.727. The van der Waals surface area contributed by atoms with Crippen molar-refractivity contribution in [3.8, 4) is 11.5 Å². The zero-order valence-corrected chi connectivity index (χ0v) is 18.0. The molecule has 9 nitrogen and oxygen atoms in total. The lowest BCUT2D eigenvalue weighted by molar-refractivity contribution is -0.132. The molecular weight excluding hydrogens is 398 g/mol. The van der Waals surface area contributed by atoms with E-state index in [9.17, 15) is 9.59 Å². The topological polar surface area (TPSA) is 98.6 Å². The fourth-order valence-electron chi connectivity index (χ4n) is 3.83. The molecule has 0 unspecified atom stereocenters. The molecule has 1 aromatic heterocycles. The number of aryl methyl sites for hydroxylation is 1. The number of hydrogen-bond acceptors (Lipinski definition) is 6. The van der Waals surface area contributed by atoms with E-state index in [1.807, 2.05) is 36.9 Å². The summed E-state index contributed by atoms with van der Waals surface area (Å²) < 4.78 is 12.5. The van der Waals surface area contributed by atoms with Crippen LogP contribution in [0.5, 0.6) is 11.5 Å². The van der Waals surface area contributed by atoms with Gasteiger partial charge >= 0.3 is 0 Å². The molecule has 0 aliphatic carbocycles. The molecule has 0 spiro atoms. The number of fused-ring (bicyclic) bond motifs is 1. The van der Waals surface area contributed by atoms with E-state index in [1.54, 1.807) is 10.9 Å². The van der Waals surface area contributed by atoms with Gasteiger partial charge in [-0.25, -0.2) is 4.68 Å². The zero-order valence-electron chi connectivity index (χ0n) is 18.0. The summed E-state index contributed by atoms with van der Waals surface area (Å²) in [7, 11) is 0. The summed E-state index contributed by atoms with van der Waals surface area (Å²) in [6.07, 6.45) is 4.44. The summed E-state index contributed by atoms with van der Waals surface area (Å²) >= 11 is 0. The average Bonchev–Trinajstić information content (AvgIpc) is 3.45. The molecule has 0 atom stereocenters. The zero-order chi connectivity index (χ0) is 21.8. The fourth-order valence-corrected chi connectivity index (χ4v) is 3.83. The number of carbonyl (C=O) groups is 2. The third-order valence-electron chi connectivity index (χ3n) is 5.67. The first kappa shape index (κ1) is 21.1. The maximum absolute atomic E-state index is 12.7. The van der Waals surface area contributed by atoms with E-state index in [-0.39, 0.29) is 24.6 Å². The fraction of sp³-hybridized carbons (Fsp3) is 0.545. The molecule has 0 radical (unpaired) electrons. The third kappa shape index (κ3) is 5.15.